The van der Waals surface area contributed by atoms with E-state index in [1.165, 1.54) is 37.1 Å². The number of anilines is 3. The molecule has 47 heavy (non-hydrogen) atoms. The van der Waals surface area contributed by atoms with Gasteiger partial charge in [0, 0.05) is 84.1 Å². The Morgan fingerprint density at radius 1 is 1.13 bits per heavy atom. The van der Waals surface area contributed by atoms with Gasteiger partial charge in [-0.1, -0.05) is 12.6 Å². The molecule has 3 fully saturated rings. The van der Waals surface area contributed by atoms with Crippen LogP contribution in [0.2, 0.25) is 0 Å². The van der Waals surface area contributed by atoms with Crippen LogP contribution in [0, 0.1) is 12.7 Å². The number of hydrogen-bond acceptors (Lipinski definition) is 7. The highest BCUT2D eigenvalue weighted by Gasteiger charge is 2.42. The maximum atomic E-state index is 15.5. The van der Waals surface area contributed by atoms with Crippen molar-refractivity contribution in [3.8, 4) is 0 Å². The molecule has 3 amide bonds. The second-order valence-electron chi connectivity index (χ2n) is 12.6. The van der Waals surface area contributed by atoms with Gasteiger partial charge in [-0.05, 0) is 50.6 Å². The van der Waals surface area contributed by atoms with Crippen molar-refractivity contribution in [1.82, 2.24) is 19.7 Å². The third kappa shape index (κ3) is 7.13. The van der Waals surface area contributed by atoms with Gasteiger partial charge in [-0.2, -0.15) is 13.2 Å². The first-order valence-electron chi connectivity index (χ1n) is 15.7. The number of nitrogens with zero attached hydrogens (tertiary/aromatic N) is 7. The smallest absolute Gasteiger partial charge is 0.369 e. The first-order valence-corrected chi connectivity index (χ1v) is 15.7. The summed E-state index contributed by atoms with van der Waals surface area (Å²) in [5.41, 5.74) is -0.435. The maximum absolute atomic E-state index is 15.5. The van der Waals surface area contributed by atoms with Crippen LogP contribution in [0.1, 0.15) is 31.0 Å². The minimum Gasteiger partial charge on any atom is -0.369 e. The molecule has 0 spiro atoms. The third-order valence-corrected chi connectivity index (χ3v) is 9.38. The third-order valence-electron chi connectivity index (χ3n) is 9.38. The molecule has 3 unspecified atom stereocenters. The standard InChI is InChI=1S/C33H41F4N7O3/c1-6-29(45)42-18-22(3)43-15-14-41(19-24(43)20-42)13-12-39(4)31-25(34)8-7-9-26(31)40(5)32(47)27-10-11-30(46)44(27)28-17-23(33(35,36)37)16-21(2)38-28/h6-9,16-17,22,24,27H,1,10-15,18-20H2,2-5H3. The predicted molar refractivity (Wildman–Crippen MR) is 171 cm³/mol. The van der Waals surface area contributed by atoms with Crippen molar-refractivity contribution in [2.45, 2.75) is 51.0 Å². The lowest BCUT2D eigenvalue weighted by Crippen LogP contribution is -2.66. The summed E-state index contributed by atoms with van der Waals surface area (Å²) in [7, 11) is 3.21. The molecule has 254 valence electrons. The second-order valence-corrected chi connectivity index (χ2v) is 12.6. The quantitative estimate of drug-likeness (QED) is 0.317. The fourth-order valence-corrected chi connectivity index (χ4v) is 6.98. The summed E-state index contributed by atoms with van der Waals surface area (Å²) in [4.78, 5) is 53.8. The zero-order valence-electron chi connectivity index (χ0n) is 27.1. The molecule has 0 aliphatic carbocycles. The number of halogens is 4. The lowest BCUT2D eigenvalue weighted by molar-refractivity contribution is -0.137. The van der Waals surface area contributed by atoms with Crippen molar-refractivity contribution in [3.63, 3.8) is 0 Å². The van der Waals surface area contributed by atoms with Crippen LogP contribution in [0.25, 0.3) is 0 Å². The van der Waals surface area contributed by atoms with E-state index < -0.39 is 35.4 Å². The summed E-state index contributed by atoms with van der Waals surface area (Å²) < 4.78 is 56.1. The van der Waals surface area contributed by atoms with E-state index >= 15 is 4.39 Å². The molecule has 10 nitrogen and oxygen atoms in total. The van der Waals surface area contributed by atoms with Gasteiger partial charge in [0.15, 0.2) is 0 Å². The summed E-state index contributed by atoms with van der Waals surface area (Å²) in [6.45, 7) is 11.9. The van der Waals surface area contributed by atoms with Gasteiger partial charge in [0.25, 0.3) is 0 Å². The molecule has 4 heterocycles. The number of alkyl halides is 3. The van der Waals surface area contributed by atoms with Crippen LogP contribution in [-0.2, 0) is 20.6 Å². The minimum absolute atomic E-state index is 0.0380. The van der Waals surface area contributed by atoms with E-state index in [1.54, 1.807) is 18.0 Å². The van der Waals surface area contributed by atoms with Crippen molar-refractivity contribution in [2.75, 3.05) is 74.6 Å². The first kappa shape index (κ1) is 34.3. The number of likely N-dealkylation sites (N-methyl/N-ethyl adjacent to an activating group) is 2. The summed E-state index contributed by atoms with van der Waals surface area (Å²) >= 11 is 0. The maximum Gasteiger partial charge on any atom is 0.416 e. The lowest BCUT2D eigenvalue weighted by atomic mass is 10.0. The number of para-hydroxylation sites is 1. The number of carbonyl (C=O) groups is 3. The first-order chi connectivity index (χ1) is 22.2. The van der Waals surface area contributed by atoms with Crippen LogP contribution in [0.15, 0.2) is 43.0 Å². The van der Waals surface area contributed by atoms with Gasteiger partial charge in [-0.15, -0.1) is 0 Å². The van der Waals surface area contributed by atoms with Crippen LogP contribution in [-0.4, -0.2) is 115 Å². The van der Waals surface area contributed by atoms with Crippen LogP contribution < -0.4 is 14.7 Å². The number of aromatic nitrogens is 1. The summed E-state index contributed by atoms with van der Waals surface area (Å²) in [6, 6.07) is 5.36. The van der Waals surface area contributed by atoms with E-state index in [0.29, 0.717) is 26.2 Å². The van der Waals surface area contributed by atoms with Crippen molar-refractivity contribution in [2.24, 2.45) is 0 Å². The highest BCUT2D eigenvalue weighted by atomic mass is 19.4. The van der Waals surface area contributed by atoms with Gasteiger partial charge in [0.2, 0.25) is 17.7 Å². The molecule has 1 aromatic heterocycles. The number of hydrogen-bond donors (Lipinski definition) is 0. The summed E-state index contributed by atoms with van der Waals surface area (Å²) in [6.07, 6.45) is -3.27. The summed E-state index contributed by atoms with van der Waals surface area (Å²) in [5.74, 6) is -1.93. The van der Waals surface area contributed by atoms with Crippen molar-refractivity contribution in [1.29, 1.82) is 0 Å². The van der Waals surface area contributed by atoms with E-state index in [4.69, 9.17) is 0 Å². The van der Waals surface area contributed by atoms with Gasteiger partial charge >= 0.3 is 6.18 Å². The van der Waals surface area contributed by atoms with Crippen molar-refractivity contribution >= 4 is 34.9 Å². The van der Waals surface area contributed by atoms with Crippen LogP contribution in [0.4, 0.5) is 34.8 Å². The Morgan fingerprint density at radius 3 is 2.57 bits per heavy atom. The van der Waals surface area contributed by atoms with Gasteiger partial charge in [-0.25, -0.2) is 9.37 Å². The molecule has 0 bridgehead atoms. The summed E-state index contributed by atoms with van der Waals surface area (Å²) in [5, 5.41) is 0. The Labute approximate surface area is 272 Å². The average molecular weight is 660 g/mol. The van der Waals surface area contributed by atoms with E-state index in [2.05, 4.69) is 28.3 Å². The van der Waals surface area contributed by atoms with E-state index in [0.717, 1.165) is 36.7 Å². The molecular formula is C33H41F4N7O3. The topological polar surface area (TPSA) is 83.5 Å². The Bertz CT molecular complexity index is 1540. The molecule has 0 radical (unpaired) electrons. The minimum atomic E-state index is -4.66. The van der Waals surface area contributed by atoms with Crippen LogP contribution in [0.5, 0.6) is 0 Å². The molecular weight excluding hydrogens is 618 g/mol. The largest absolute Gasteiger partial charge is 0.416 e. The molecule has 0 saturated carbocycles. The zero-order chi connectivity index (χ0) is 34.2. The average Bonchev–Trinajstić information content (AvgIpc) is 3.42. The van der Waals surface area contributed by atoms with Gasteiger partial charge in [0.05, 0.1) is 16.9 Å². The molecule has 1 aromatic carbocycles. The van der Waals surface area contributed by atoms with Gasteiger partial charge < -0.3 is 14.7 Å². The normalized spacial score (nSPS) is 22.3. The molecule has 5 rings (SSSR count). The zero-order valence-corrected chi connectivity index (χ0v) is 27.1. The number of rotatable bonds is 8. The predicted octanol–water partition coefficient (Wildman–Crippen LogP) is 3.55. The van der Waals surface area contributed by atoms with E-state index in [1.807, 2.05) is 4.90 Å². The van der Waals surface area contributed by atoms with Crippen LogP contribution >= 0.6 is 0 Å². The number of benzene rings is 1. The Balaban J connectivity index is 1.30. The highest BCUT2D eigenvalue weighted by Crippen LogP contribution is 2.36. The SMILES string of the molecule is C=CC(=O)N1CC(C)N2CCN(CCN(C)c3c(F)cccc3N(C)C(=O)C3CCC(=O)N3c3cc(C(F)(F)F)cc(C)n3)CC2C1. The Hall–Kier alpha value is -4.04. The molecule has 0 N–H and O–H groups in total. The number of fused-ring (bicyclic) bond motifs is 1. The molecule has 2 aromatic rings. The fraction of sp³-hybridized carbons (Fsp3) is 0.515. The lowest BCUT2D eigenvalue weighted by Gasteiger charge is -2.50. The number of piperazine rings is 2. The van der Waals surface area contributed by atoms with Crippen molar-refractivity contribution in [3.05, 3.63) is 60.1 Å². The van der Waals surface area contributed by atoms with Crippen molar-refractivity contribution < 1.29 is 31.9 Å². The molecule has 3 aliphatic rings. The monoisotopic (exact) mass is 659 g/mol. The fourth-order valence-electron chi connectivity index (χ4n) is 6.98. The Morgan fingerprint density at radius 2 is 1.87 bits per heavy atom. The number of carbonyl (C=O) groups excluding carboxylic acids is 3. The second kappa shape index (κ2) is 13.6. The Kier molecular flexibility index (Phi) is 9.92. The highest BCUT2D eigenvalue weighted by molar-refractivity contribution is 6.09. The number of aryl methyl sites for hydroxylation is 1. The molecule has 3 saturated heterocycles. The molecule has 3 atom stereocenters. The van der Waals surface area contributed by atoms with Gasteiger partial charge in [0.1, 0.15) is 17.7 Å². The molecule has 14 heteroatoms. The number of pyridine rings is 1. The van der Waals surface area contributed by atoms with Gasteiger partial charge in [-0.3, -0.25) is 29.1 Å². The van der Waals surface area contributed by atoms with E-state index in [9.17, 15) is 27.6 Å². The van der Waals surface area contributed by atoms with Crippen LogP contribution in [0.3, 0.4) is 0 Å². The number of amides is 3. The van der Waals surface area contributed by atoms with E-state index in [-0.39, 0.29) is 53.7 Å². The molecule has 3 aliphatic heterocycles.